The van der Waals surface area contributed by atoms with E-state index in [4.69, 9.17) is 5.11 Å². The third kappa shape index (κ3) is 7.78. The number of urea groups is 1. The van der Waals surface area contributed by atoms with Gasteiger partial charge in [-0.15, -0.1) is 0 Å². The molecule has 0 aliphatic rings. The molecule has 0 saturated carbocycles. The van der Waals surface area contributed by atoms with Crippen LogP contribution >= 0.6 is 0 Å². The zero-order chi connectivity index (χ0) is 11.7. The Morgan fingerprint density at radius 3 is 2.47 bits per heavy atom. The first kappa shape index (κ1) is 13.7. The minimum Gasteiger partial charge on any atom is -0.480 e. The van der Waals surface area contributed by atoms with Crippen LogP contribution in [0, 0.1) is 0 Å². The molecule has 2 amide bonds. The maximum Gasteiger partial charge on any atom is 0.323 e. The summed E-state index contributed by atoms with van der Waals surface area (Å²) in [5, 5.41) is 11.1. The van der Waals surface area contributed by atoms with Crippen molar-refractivity contribution in [3.8, 4) is 0 Å². The fourth-order valence-corrected chi connectivity index (χ4v) is 1.16. The third-order valence-electron chi connectivity index (χ3n) is 2.03. The largest absolute Gasteiger partial charge is 0.480 e. The molecule has 5 heteroatoms. The summed E-state index contributed by atoms with van der Waals surface area (Å²) in [7, 11) is 1.47. The van der Waals surface area contributed by atoms with E-state index in [-0.39, 0.29) is 12.6 Å². The van der Waals surface area contributed by atoms with Gasteiger partial charge < -0.3 is 15.3 Å². The van der Waals surface area contributed by atoms with E-state index in [0.29, 0.717) is 6.54 Å². The van der Waals surface area contributed by atoms with Gasteiger partial charge in [0.1, 0.15) is 6.54 Å². The van der Waals surface area contributed by atoms with E-state index in [1.807, 2.05) is 0 Å². The van der Waals surface area contributed by atoms with Crippen molar-refractivity contribution in [2.45, 2.75) is 32.6 Å². The third-order valence-corrected chi connectivity index (χ3v) is 2.03. The Kier molecular flexibility index (Phi) is 7.40. The molecule has 0 heterocycles. The van der Waals surface area contributed by atoms with Crippen molar-refractivity contribution in [2.24, 2.45) is 0 Å². The normalized spacial score (nSPS) is 9.73. The van der Waals surface area contributed by atoms with Gasteiger partial charge in [0.15, 0.2) is 0 Å². The number of carbonyl (C=O) groups excluding carboxylic acids is 1. The number of unbranched alkanes of at least 4 members (excludes halogenated alkanes) is 3. The van der Waals surface area contributed by atoms with Gasteiger partial charge in [-0.25, -0.2) is 4.79 Å². The Bertz CT molecular complexity index is 207. The molecule has 0 bridgehead atoms. The highest BCUT2D eigenvalue weighted by atomic mass is 16.4. The molecular weight excluding hydrogens is 196 g/mol. The van der Waals surface area contributed by atoms with Crippen molar-refractivity contribution in [3.05, 3.63) is 0 Å². The molecule has 2 N–H and O–H groups in total. The van der Waals surface area contributed by atoms with Crippen molar-refractivity contribution >= 4 is 12.0 Å². The van der Waals surface area contributed by atoms with E-state index in [1.165, 1.54) is 13.5 Å². The van der Waals surface area contributed by atoms with Crippen LogP contribution in [-0.4, -0.2) is 42.1 Å². The van der Waals surface area contributed by atoms with Crippen molar-refractivity contribution in [2.75, 3.05) is 20.1 Å². The number of nitrogens with one attached hydrogen (secondary N) is 1. The monoisotopic (exact) mass is 216 g/mol. The lowest BCUT2D eigenvalue weighted by atomic mass is 10.2. The summed E-state index contributed by atoms with van der Waals surface area (Å²) in [6.07, 6.45) is 4.37. The summed E-state index contributed by atoms with van der Waals surface area (Å²) in [6.45, 7) is 2.48. The van der Waals surface area contributed by atoms with Gasteiger partial charge in [0, 0.05) is 13.6 Å². The van der Waals surface area contributed by atoms with E-state index in [2.05, 4.69) is 12.2 Å². The molecule has 0 aromatic heterocycles. The first-order valence-electron chi connectivity index (χ1n) is 5.28. The standard InChI is InChI=1S/C10H20N2O3/c1-3-4-5-6-7-11-10(15)12(2)8-9(13)14/h3-8H2,1-2H3,(H,11,15)(H,13,14). The summed E-state index contributed by atoms with van der Waals surface area (Å²) >= 11 is 0. The molecule has 15 heavy (non-hydrogen) atoms. The smallest absolute Gasteiger partial charge is 0.323 e. The van der Waals surface area contributed by atoms with Crippen LogP contribution in [-0.2, 0) is 4.79 Å². The highest BCUT2D eigenvalue weighted by molar-refractivity contribution is 5.79. The highest BCUT2D eigenvalue weighted by Crippen LogP contribution is 1.97. The zero-order valence-corrected chi connectivity index (χ0v) is 9.45. The molecule has 0 aliphatic carbocycles. The second kappa shape index (κ2) is 8.08. The lowest BCUT2D eigenvalue weighted by Crippen LogP contribution is -2.40. The van der Waals surface area contributed by atoms with Crippen LogP contribution in [0.2, 0.25) is 0 Å². The Labute approximate surface area is 90.5 Å². The van der Waals surface area contributed by atoms with Gasteiger partial charge in [0.25, 0.3) is 0 Å². The van der Waals surface area contributed by atoms with Gasteiger partial charge in [0.2, 0.25) is 0 Å². The summed E-state index contributed by atoms with van der Waals surface area (Å²) in [4.78, 5) is 22.7. The van der Waals surface area contributed by atoms with Gasteiger partial charge in [-0.2, -0.15) is 0 Å². The molecule has 0 aromatic rings. The van der Waals surface area contributed by atoms with Gasteiger partial charge in [-0.1, -0.05) is 26.2 Å². The first-order chi connectivity index (χ1) is 7.07. The number of amides is 2. The summed E-state index contributed by atoms with van der Waals surface area (Å²) < 4.78 is 0. The van der Waals surface area contributed by atoms with E-state index >= 15 is 0 Å². The minimum absolute atomic E-state index is 0.263. The average molecular weight is 216 g/mol. The number of carboxylic acid groups (broad SMARTS) is 1. The molecule has 88 valence electrons. The average Bonchev–Trinajstić information content (AvgIpc) is 2.16. The number of carbonyl (C=O) groups is 2. The summed E-state index contributed by atoms with van der Waals surface area (Å²) in [5.74, 6) is -1.00. The fraction of sp³-hybridized carbons (Fsp3) is 0.800. The summed E-state index contributed by atoms with van der Waals surface area (Å²) in [5.41, 5.74) is 0. The molecule has 0 aromatic carbocycles. The highest BCUT2D eigenvalue weighted by Gasteiger charge is 2.10. The van der Waals surface area contributed by atoms with Crippen LogP contribution in [0.5, 0.6) is 0 Å². The van der Waals surface area contributed by atoms with Gasteiger partial charge >= 0.3 is 12.0 Å². The van der Waals surface area contributed by atoms with E-state index in [9.17, 15) is 9.59 Å². The summed E-state index contributed by atoms with van der Waals surface area (Å²) in [6, 6.07) is -0.325. The molecule has 0 spiro atoms. The number of hydrogen-bond donors (Lipinski definition) is 2. The molecule has 0 atom stereocenters. The van der Waals surface area contributed by atoms with Crippen LogP contribution < -0.4 is 5.32 Å². The Hall–Kier alpha value is -1.26. The van der Waals surface area contributed by atoms with Crippen molar-refractivity contribution < 1.29 is 14.7 Å². The fourth-order valence-electron chi connectivity index (χ4n) is 1.16. The zero-order valence-electron chi connectivity index (χ0n) is 9.45. The molecule has 5 nitrogen and oxygen atoms in total. The predicted molar refractivity (Wildman–Crippen MR) is 57.8 cm³/mol. The Balaban J connectivity index is 3.51. The molecule has 0 unspecified atom stereocenters. The first-order valence-corrected chi connectivity index (χ1v) is 5.28. The number of nitrogens with zero attached hydrogens (tertiary/aromatic N) is 1. The minimum atomic E-state index is -1.00. The van der Waals surface area contributed by atoms with E-state index in [0.717, 1.165) is 24.2 Å². The number of carboxylic acids is 1. The lowest BCUT2D eigenvalue weighted by molar-refractivity contribution is -0.137. The van der Waals surface area contributed by atoms with E-state index < -0.39 is 5.97 Å². The van der Waals surface area contributed by atoms with Crippen molar-refractivity contribution in [1.82, 2.24) is 10.2 Å². The van der Waals surface area contributed by atoms with Crippen LogP contribution in [0.1, 0.15) is 32.6 Å². The quantitative estimate of drug-likeness (QED) is 0.630. The van der Waals surface area contributed by atoms with Crippen LogP contribution in [0.15, 0.2) is 0 Å². The Morgan fingerprint density at radius 1 is 1.27 bits per heavy atom. The number of aliphatic carboxylic acids is 1. The van der Waals surface area contributed by atoms with Crippen molar-refractivity contribution in [1.29, 1.82) is 0 Å². The molecule has 0 aliphatic heterocycles. The predicted octanol–water partition coefficient (Wildman–Crippen LogP) is 1.29. The van der Waals surface area contributed by atoms with Crippen LogP contribution in [0.25, 0.3) is 0 Å². The van der Waals surface area contributed by atoms with Gasteiger partial charge in [-0.3, -0.25) is 4.79 Å². The van der Waals surface area contributed by atoms with Crippen LogP contribution in [0.3, 0.4) is 0 Å². The SMILES string of the molecule is CCCCCCNC(=O)N(C)CC(=O)O. The van der Waals surface area contributed by atoms with Gasteiger partial charge in [0.05, 0.1) is 0 Å². The van der Waals surface area contributed by atoms with E-state index in [1.54, 1.807) is 0 Å². The number of rotatable bonds is 7. The van der Waals surface area contributed by atoms with Crippen molar-refractivity contribution in [3.63, 3.8) is 0 Å². The topological polar surface area (TPSA) is 69.6 Å². The number of likely N-dealkylation sites (N-methyl/N-ethyl adjacent to an activating group) is 1. The molecule has 0 rings (SSSR count). The molecule has 0 saturated heterocycles. The van der Waals surface area contributed by atoms with Gasteiger partial charge in [-0.05, 0) is 6.42 Å². The maximum atomic E-state index is 11.3. The number of hydrogen-bond acceptors (Lipinski definition) is 2. The lowest BCUT2D eigenvalue weighted by Gasteiger charge is -2.15. The second-order valence-electron chi connectivity index (χ2n) is 3.54. The molecule has 0 fully saturated rings. The second-order valence-corrected chi connectivity index (χ2v) is 3.54. The Morgan fingerprint density at radius 2 is 1.93 bits per heavy atom. The maximum absolute atomic E-state index is 11.3. The molecule has 0 radical (unpaired) electrons. The van der Waals surface area contributed by atoms with Crippen LogP contribution in [0.4, 0.5) is 4.79 Å². The molecular formula is C10H20N2O3.